The quantitative estimate of drug-likeness (QED) is 0.0267. The van der Waals surface area contributed by atoms with Crippen LogP contribution in [0.3, 0.4) is 0 Å². The highest BCUT2D eigenvalue weighted by Crippen LogP contribution is 2.43. The van der Waals surface area contributed by atoms with Gasteiger partial charge in [0.05, 0.1) is 13.2 Å². The van der Waals surface area contributed by atoms with E-state index in [0.717, 1.165) is 51.4 Å². The molecule has 0 spiro atoms. The Morgan fingerprint density at radius 2 is 0.891 bits per heavy atom. The largest absolute Gasteiger partial charge is 0.472 e. The number of rotatable bonds is 44. The van der Waals surface area contributed by atoms with Crippen LogP contribution < -0.4 is 5.73 Å². The number of hydrogen-bond acceptors (Lipinski definition) is 8. The van der Waals surface area contributed by atoms with Gasteiger partial charge >= 0.3 is 19.8 Å². The first-order valence-electron chi connectivity index (χ1n) is 23.2. The minimum atomic E-state index is -4.37. The first kappa shape index (κ1) is 53.8. The molecule has 0 amide bonds. The van der Waals surface area contributed by atoms with Crippen LogP contribution in [0.1, 0.15) is 232 Å². The Bertz CT molecular complexity index is 917. The average molecular weight is 802 g/mol. The molecule has 2 atom stereocenters. The molecule has 0 aromatic heterocycles. The summed E-state index contributed by atoms with van der Waals surface area (Å²) in [6.07, 6.45) is 43.9. The first-order chi connectivity index (χ1) is 26.8. The lowest BCUT2D eigenvalue weighted by molar-refractivity contribution is -0.161. The molecule has 3 N–H and O–H groups in total. The molecule has 9 nitrogen and oxygen atoms in total. The molecule has 0 heterocycles. The molecule has 0 rings (SSSR count). The monoisotopic (exact) mass is 802 g/mol. The summed E-state index contributed by atoms with van der Waals surface area (Å²) in [6, 6.07) is 0. The molecule has 0 aromatic rings. The second-order valence-electron chi connectivity index (χ2n) is 15.6. The number of phosphoric acid groups is 1. The van der Waals surface area contributed by atoms with Gasteiger partial charge in [-0.25, -0.2) is 4.57 Å². The summed E-state index contributed by atoms with van der Waals surface area (Å²) in [6.45, 7) is 3.75. The number of hydrogen-bond donors (Lipinski definition) is 2. The summed E-state index contributed by atoms with van der Waals surface area (Å²) < 4.78 is 32.8. The minimum Gasteiger partial charge on any atom is -0.462 e. The average Bonchev–Trinajstić information content (AvgIpc) is 3.17. The number of unbranched alkanes of at least 4 members (excludes halogenated alkanes) is 29. The van der Waals surface area contributed by atoms with Crippen molar-refractivity contribution in [3.8, 4) is 0 Å². The molecule has 0 bridgehead atoms. The number of nitrogens with two attached hydrogens (primary N) is 1. The highest BCUT2D eigenvalue weighted by molar-refractivity contribution is 7.47. The summed E-state index contributed by atoms with van der Waals surface area (Å²) in [7, 11) is -4.37. The Hall–Kier alpha value is -1.25. The van der Waals surface area contributed by atoms with Crippen molar-refractivity contribution < 1.29 is 37.6 Å². The zero-order valence-corrected chi connectivity index (χ0v) is 36.8. The van der Waals surface area contributed by atoms with Crippen molar-refractivity contribution in [2.75, 3.05) is 26.4 Å². The highest BCUT2D eigenvalue weighted by Gasteiger charge is 2.26. The molecule has 0 aliphatic rings. The number of carbonyl (C=O) groups excluding carboxylic acids is 2. The van der Waals surface area contributed by atoms with Crippen molar-refractivity contribution in [1.29, 1.82) is 0 Å². The molecule has 1 unspecified atom stereocenters. The standard InChI is InChI=1S/C45H88NO8P/c1-3-5-7-9-11-13-15-17-19-20-21-22-23-24-26-28-30-32-34-36-38-45(48)54-43(42-53-55(49,50)52-40-39-46)41-51-44(47)37-35-33-31-29-27-25-18-16-14-12-10-8-6-4-2/h16,18,43H,3-15,17,19-42,46H2,1-2H3,(H,49,50)/b18-16+/t43-/m1/s1. The van der Waals surface area contributed by atoms with Crippen molar-refractivity contribution >= 4 is 19.8 Å². The van der Waals surface area contributed by atoms with Crippen LogP contribution in [0.5, 0.6) is 0 Å². The fraction of sp³-hybridized carbons (Fsp3) is 0.911. The normalized spacial score (nSPS) is 13.3. The maximum atomic E-state index is 12.6. The van der Waals surface area contributed by atoms with E-state index >= 15 is 0 Å². The SMILES string of the molecule is CCCCCCC/C=C/CCCCCCCC(=O)OC[C@H](COP(=O)(O)OCCN)OC(=O)CCCCCCCCCCCCCCCCCCCCCC. The van der Waals surface area contributed by atoms with Gasteiger partial charge in [0.15, 0.2) is 6.10 Å². The Labute approximate surface area is 339 Å². The molecular formula is C45H88NO8P. The van der Waals surface area contributed by atoms with Gasteiger partial charge < -0.3 is 20.1 Å². The van der Waals surface area contributed by atoms with Crippen molar-refractivity contribution in [2.24, 2.45) is 5.73 Å². The Balaban J connectivity index is 4.06. The van der Waals surface area contributed by atoms with E-state index in [1.165, 1.54) is 148 Å². The molecule has 0 saturated carbocycles. The van der Waals surface area contributed by atoms with E-state index in [9.17, 15) is 19.0 Å². The number of carbonyl (C=O) groups is 2. The van der Waals surface area contributed by atoms with E-state index < -0.39 is 26.5 Å². The molecule has 55 heavy (non-hydrogen) atoms. The van der Waals surface area contributed by atoms with E-state index in [-0.39, 0.29) is 38.6 Å². The summed E-state index contributed by atoms with van der Waals surface area (Å²) in [4.78, 5) is 34.9. The lowest BCUT2D eigenvalue weighted by atomic mass is 10.0. The van der Waals surface area contributed by atoms with Gasteiger partial charge in [-0.3, -0.25) is 18.6 Å². The van der Waals surface area contributed by atoms with Gasteiger partial charge in [-0.1, -0.05) is 193 Å². The maximum absolute atomic E-state index is 12.6. The second-order valence-corrected chi connectivity index (χ2v) is 17.1. The highest BCUT2D eigenvalue weighted by atomic mass is 31.2. The minimum absolute atomic E-state index is 0.0553. The fourth-order valence-electron chi connectivity index (χ4n) is 6.69. The number of phosphoric ester groups is 1. The molecule has 0 aliphatic heterocycles. The van der Waals surface area contributed by atoms with E-state index in [4.69, 9.17) is 24.3 Å². The third-order valence-electron chi connectivity index (χ3n) is 10.2. The van der Waals surface area contributed by atoms with E-state index in [2.05, 4.69) is 26.0 Å². The van der Waals surface area contributed by atoms with Gasteiger partial charge in [0.2, 0.25) is 0 Å². The summed E-state index contributed by atoms with van der Waals surface area (Å²) >= 11 is 0. The van der Waals surface area contributed by atoms with Crippen molar-refractivity contribution in [3.63, 3.8) is 0 Å². The molecular weight excluding hydrogens is 713 g/mol. The molecule has 326 valence electrons. The number of ether oxygens (including phenoxy) is 2. The lowest BCUT2D eigenvalue weighted by Crippen LogP contribution is -2.29. The molecule has 0 aliphatic carbocycles. The van der Waals surface area contributed by atoms with Gasteiger partial charge in [-0.15, -0.1) is 0 Å². The molecule has 0 fully saturated rings. The predicted molar refractivity (Wildman–Crippen MR) is 229 cm³/mol. The molecule has 0 aromatic carbocycles. The van der Waals surface area contributed by atoms with Crippen LogP contribution in [0, 0.1) is 0 Å². The zero-order valence-electron chi connectivity index (χ0n) is 35.9. The summed E-state index contributed by atoms with van der Waals surface area (Å²) in [5, 5.41) is 0. The third kappa shape index (κ3) is 42.2. The predicted octanol–water partition coefficient (Wildman–Crippen LogP) is 13.4. The van der Waals surface area contributed by atoms with E-state index in [0.29, 0.717) is 6.42 Å². The van der Waals surface area contributed by atoms with Crippen LogP contribution >= 0.6 is 7.82 Å². The summed E-state index contributed by atoms with van der Waals surface area (Å²) in [5.74, 6) is -0.826. The number of esters is 2. The fourth-order valence-corrected chi connectivity index (χ4v) is 7.45. The van der Waals surface area contributed by atoms with Crippen LogP contribution in [0.4, 0.5) is 0 Å². The first-order valence-corrected chi connectivity index (χ1v) is 24.7. The van der Waals surface area contributed by atoms with Gasteiger partial charge in [-0.05, 0) is 38.5 Å². The van der Waals surface area contributed by atoms with Crippen LogP contribution in [0.2, 0.25) is 0 Å². The van der Waals surface area contributed by atoms with Crippen LogP contribution in [0.25, 0.3) is 0 Å². The second kappa shape index (κ2) is 42.4. The van der Waals surface area contributed by atoms with Crippen molar-refractivity contribution in [1.82, 2.24) is 0 Å². The van der Waals surface area contributed by atoms with Gasteiger partial charge in [0.1, 0.15) is 6.61 Å². The van der Waals surface area contributed by atoms with Crippen molar-refractivity contribution in [3.05, 3.63) is 12.2 Å². The Morgan fingerprint density at radius 1 is 0.527 bits per heavy atom. The van der Waals surface area contributed by atoms with Gasteiger partial charge in [0, 0.05) is 19.4 Å². The topological polar surface area (TPSA) is 134 Å². The van der Waals surface area contributed by atoms with Crippen LogP contribution in [0.15, 0.2) is 12.2 Å². The smallest absolute Gasteiger partial charge is 0.462 e. The van der Waals surface area contributed by atoms with Crippen LogP contribution in [-0.2, 0) is 32.7 Å². The van der Waals surface area contributed by atoms with Crippen LogP contribution in [-0.4, -0.2) is 49.3 Å². The van der Waals surface area contributed by atoms with Crippen molar-refractivity contribution in [2.45, 2.75) is 238 Å². The Kier molecular flexibility index (Phi) is 41.4. The van der Waals surface area contributed by atoms with Gasteiger partial charge in [-0.2, -0.15) is 0 Å². The third-order valence-corrected chi connectivity index (χ3v) is 11.1. The molecule has 0 radical (unpaired) electrons. The number of allylic oxidation sites excluding steroid dienone is 2. The van der Waals surface area contributed by atoms with E-state index in [1.54, 1.807) is 0 Å². The van der Waals surface area contributed by atoms with Gasteiger partial charge in [0.25, 0.3) is 0 Å². The Morgan fingerprint density at radius 3 is 1.29 bits per heavy atom. The van der Waals surface area contributed by atoms with E-state index in [1.807, 2.05) is 0 Å². The molecule has 10 heteroatoms. The summed E-state index contributed by atoms with van der Waals surface area (Å²) in [5.41, 5.74) is 5.35. The zero-order chi connectivity index (χ0) is 40.3. The lowest BCUT2D eigenvalue weighted by Gasteiger charge is -2.19. The maximum Gasteiger partial charge on any atom is 0.472 e. The molecule has 0 saturated heterocycles.